The largest absolute Gasteiger partial charge is 0.360 e. The molecule has 0 amide bonds. The van der Waals surface area contributed by atoms with Crippen LogP contribution >= 0.6 is 0 Å². The van der Waals surface area contributed by atoms with E-state index in [1.165, 1.54) is 6.07 Å². The molecule has 172 valence electrons. The number of Topliss-reactive ketones (excluding diaryl/α,β-unsaturated/α-hetero) is 1. The van der Waals surface area contributed by atoms with Gasteiger partial charge in [0, 0.05) is 45.8 Å². The topological polar surface area (TPSA) is 68.3 Å². The van der Waals surface area contributed by atoms with Crippen molar-refractivity contribution >= 4 is 5.78 Å². The maximum atomic E-state index is 15.0. The van der Waals surface area contributed by atoms with Crippen LogP contribution in [-0.4, -0.2) is 32.9 Å². The molecule has 34 heavy (non-hydrogen) atoms. The van der Waals surface area contributed by atoms with Crippen molar-refractivity contribution in [3.05, 3.63) is 65.4 Å². The van der Waals surface area contributed by atoms with E-state index in [1.54, 1.807) is 12.1 Å². The van der Waals surface area contributed by atoms with E-state index in [0.29, 0.717) is 23.0 Å². The van der Waals surface area contributed by atoms with Crippen LogP contribution in [0.5, 0.6) is 0 Å². The molecule has 0 bridgehead atoms. The second kappa shape index (κ2) is 7.01. The predicted octanol–water partition coefficient (Wildman–Crippen LogP) is 5.03. The van der Waals surface area contributed by atoms with Crippen LogP contribution in [0.3, 0.4) is 0 Å². The third-order valence-corrected chi connectivity index (χ3v) is 8.57. The van der Waals surface area contributed by atoms with Gasteiger partial charge in [-0.1, -0.05) is 26.0 Å². The lowest BCUT2D eigenvalue weighted by Gasteiger charge is -2.46. The molecule has 4 aliphatic rings. The highest BCUT2D eigenvalue weighted by Crippen LogP contribution is 2.58. The predicted molar refractivity (Wildman–Crippen MR) is 125 cm³/mol. The highest BCUT2D eigenvalue weighted by molar-refractivity contribution is 5.90. The quantitative estimate of drug-likeness (QED) is 0.518. The first-order valence-electron chi connectivity index (χ1n) is 12.3. The van der Waals surface area contributed by atoms with Gasteiger partial charge in [-0.15, -0.1) is 0 Å². The van der Waals surface area contributed by atoms with Crippen molar-refractivity contribution < 1.29 is 13.9 Å². The van der Waals surface area contributed by atoms with Gasteiger partial charge in [-0.3, -0.25) is 9.78 Å². The lowest BCUT2D eigenvalue weighted by atomic mass is 9.56. The van der Waals surface area contributed by atoms with Crippen LogP contribution in [0.15, 0.2) is 42.6 Å². The molecule has 6 heteroatoms. The number of carbonyl (C=O) groups is 1. The van der Waals surface area contributed by atoms with Crippen LogP contribution in [0.25, 0.3) is 22.6 Å². The second-order valence-electron chi connectivity index (χ2n) is 10.5. The number of halogens is 1. The monoisotopic (exact) mass is 455 g/mol. The molecule has 2 aromatic heterocycles. The maximum Gasteiger partial charge on any atom is 0.167 e. The molecule has 1 aliphatic heterocycles. The molecule has 5 nitrogen and oxygen atoms in total. The minimum absolute atomic E-state index is 0.0837. The molecule has 3 heterocycles. The Labute approximate surface area is 197 Å². The van der Waals surface area contributed by atoms with E-state index in [0.717, 1.165) is 48.2 Å². The smallest absolute Gasteiger partial charge is 0.167 e. The summed E-state index contributed by atoms with van der Waals surface area (Å²) in [6.45, 7) is 4.21. The Morgan fingerprint density at radius 3 is 2.74 bits per heavy atom. The molecule has 0 spiro atoms. The van der Waals surface area contributed by atoms with Crippen LogP contribution in [0.1, 0.15) is 56.0 Å². The maximum absolute atomic E-state index is 15.0. The minimum Gasteiger partial charge on any atom is -0.360 e. The van der Waals surface area contributed by atoms with E-state index < -0.39 is 5.41 Å². The zero-order chi connectivity index (χ0) is 23.2. The average molecular weight is 456 g/mol. The van der Waals surface area contributed by atoms with Crippen molar-refractivity contribution in [2.45, 2.75) is 63.1 Å². The van der Waals surface area contributed by atoms with E-state index in [4.69, 9.17) is 14.7 Å². The zero-order valence-electron chi connectivity index (χ0n) is 19.3. The second-order valence-corrected chi connectivity index (χ2v) is 10.5. The summed E-state index contributed by atoms with van der Waals surface area (Å²) in [6, 6.07) is 10.8. The van der Waals surface area contributed by atoms with Gasteiger partial charge in [0.05, 0.1) is 11.4 Å². The minimum atomic E-state index is -0.407. The fraction of sp³-hybridized carbons (Fsp3) is 0.429. The number of nitrogens with zero attached hydrogens (tertiary/aromatic N) is 3. The Morgan fingerprint density at radius 1 is 1.12 bits per heavy atom. The number of pyridine rings is 1. The first-order valence-corrected chi connectivity index (χ1v) is 12.3. The third kappa shape index (κ3) is 2.81. The van der Waals surface area contributed by atoms with Crippen LogP contribution in [0, 0.1) is 17.7 Å². The van der Waals surface area contributed by atoms with Crippen LogP contribution in [-0.2, 0) is 21.4 Å². The van der Waals surface area contributed by atoms with Gasteiger partial charge < -0.3 is 4.74 Å². The average Bonchev–Trinajstić information content (AvgIpc) is 3.76. The van der Waals surface area contributed by atoms with Crippen LogP contribution < -0.4 is 0 Å². The van der Waals surface area contributed by atoms with Gasteiger partial charge >= 0.3 is 0 Å². The number of benzene rings is 1. The Hall–Kier alpha value is -2.99. The first kappa shape index (κ1) is 20.4. The Morgan fingerprint density at radius 2 is 1.94 bits per heavy atom. The summed E-state index contributed by atoms with van der Waals surface area (Å²) in [5.41, 5.74) is 4.62. The normalized spacial score (nSPS) is 31.4. The van der Waals surface area contributed by atoms with E-state index >= 15 is 4.39 Å². The van der Waals surface area contributed by atoms with E-state index in [2.05, 4.69) is 18.0 Å². The molecule has 7 rings (SSSR count). The highest BCUT2D eigenvalue weighted by Gasteiger charge is 2.67. The number of ketones is 1. The van der Waals surface area contributed by atoms with Gasteiger partial charge in [0.15, 0.2) is 11.6 Å². The van der Waals surface area contributed by atoms with Gasteiger partial charge in [-0.25, -0.2) is 14.4 Å². The number of fused-ring (bicyclic) bond motifs is 5. The van der Waals surface area contributed by atoms with Gasteiger partial charge in [-0.05, 0) is 55.9 Å². The summed E-state index contributed by atoms with van der Waals surface area (Å²) in [4.78, 5) is 27.5. The van der Waals surface area contributed by atoms with Crippen molar-refractivity contribution in [1.82, 2.24) is 15.0 Å². The highest BCUT2D eigenvalue weighted by atomic mass is 19.1. The molecule has 5 atom stereocenters. The van der Waals surface area contributed by atoms with Crippen molar-refractivity contribution in [3.63, 3.8) is 0 Å². The van der Waals surface area contributed by atoms with Crippen molar-refractivity contribution in [2.75, 3.05) is 0 Å². The number of carbonyl (C=O) groups excluding carboxylic acids is 1. The van der Waals surface area contributed by atoms with Gasteiger partial charge in [0.1, 0.15) is 18.0 Å². The zero-order valence-corrected chi connectivity index (χ0v) is 19.3. The Balaban J connectivity index is 1.47. The molecule has 1 aromatic carbocycles. The summed E-state index contributed by atoms with van der Waals surface area (Å²) in [5.74, 6) is 1.08. The standard InChI is InChI=1S/C28H26FN3O2/c1-14-19-10-9-18-22(17-5-3-4-6-20(17)29)31-27(16-11-12-30-21(13-16)15-7-8-15)32-25(18)28(19,2)26-24(34-26)23(14)33/h3-6,11-15,19,24,26H,7-10H2,1-2H3/t14-,19-,24-,26-,28-/m1/s1. The molecule has 2 saturated carbocycles. The van der Waals surface area contributed by atoms with Gasteiger partial charge in [0.2, 0.25) is 0 Å². The number of epoxide rings is 1. The van der Waals surface area contributed by atoms with Gasteiger partial charge in [0.25, 0.3) is 0 Å². The molecule has 0 N–H and O–H groups in total. The van der Waals surface area contributed by atoms with Crippen molar-refractivity contribution in [2.24, 2.45) is 11.8 Å². The summed E-state index contributed by atoms with van der Waals surface area (Å²) < 4.78 is 21.0. The number of rotatable bonds is 3. The van der Waals surface area contributed by atoms with Crippen LogP contribution in [0.2, 0.25) is 0 Å². The number of aromatic nitrogens is 3. The molecule has 0 unspecified atom stereocenters. The van der Waals surface area contributed by atoms with E-state index in [-0.39, 0.29) is 35.6 Å². The summed E-state index contributed by atoms with van der Waals surface area (Å²) >= 11 is 0. The Kier molecular flexibility index (Phi) is 4.21. The first-order chi connectivity index (χ1) is 16.5. The van der Waals surface area contributed by atoms with Crippen molar-refractivity contribution in [3.8, 4) is 22.6 Å². The van der Waals surface area contributed by atoms with Crippen LogP contribution in [0.4, 0.5) is 4.39 Å². The lowest BCUT2D eigenvalue weighted by Crippen LogP contribution is -2.52. The van der Waals surface area contributed by atoms with E-state index in [1.807, 2.05) is 25.3 Å². The van der Waals surface area contributed by atoms with Crippen molar-refractivity contribution in [1.29, 1.82) is 0 Å². The molecular formula is C28H26FN3O2. The SMILES string of the molecule is C[C@H]1C(=O)[C@H]2O[C@H]2[C@@]2(C)c3nc(-c4ccnc(C5CC5)c4)nc(-c4ccccc4F)c3CC[C@H]12. The summed E-state index contributed by atoms with van der Waals surface area (Å²) in [5, 5.41) is 0. The number of hydrogen-bond donors (Lipinski definition) is 0. The molecule has 3 aromatic rings. The molecule has 3 aliphatic carbocycles. The third-order valence-electron chi connectivity index (χ3n) is 8.57. The van der Waals surface area contributed by atoms with Gasteiger partial charge in [-0.2, -0.15) is 0 Å². The Bertz CT molecular complexity index is 1350. The number of hydrogen-bond acceptors (Lipinski definition) is 5. The molecule has 3 fully saturated rings. The number of ether oxygens (including phenoxy) is 1. The molecule has 0 radical (unpaired) electrons. The fourth-order valence-electron chi connectivity index (χ4n) is 6.49. The lowest BCUT2D eigenvalue weighted by molar-refractivity contribution is -0.127. The molecular weight excluding hydrogens is 429 g/mol. The summed E-state index contributed by atoms with van der Waals surface area (Å²) in [7, 11) is 0. The van der Waals surface area contributed by atoms with E-state index in [9.17, 15) is 4.79 Å². The summed E-state index contributed by atoms with van der Waals surface area (Å²) in [6.07, 6.45) is 5.19. The fourth-order valence-corrected chi connectivity index (χ4v) is 6.49. The molecule has 1 saturated heterocycles.